The van der Waals surface area contributed by atoms with Gasteiger partial charge < -0.3 is 10.0 Å². The third-order valence-electron chi connectivity index (χ3n) is 4.58. The van der Waals surface area contributed by atoms with E-state index >= 15 is 0 Å². The molecule has 1 aromatic carbocycles. The summed E-state index contributed by atoms with van der Waals surface area (Å²) >= 11 is 1.26. The van der Waals surface area contributed by atoms with Crippen molar-refractivity contribution in [1.29, 1.82) is 0 Å². The highest BCUT2D eigenvalue weighted by Crippen LogP contribution is 2.43. The summed E-state index contributed by atoms with van der Waals surface area (Å²) in [6, 6.07) is 3.60. The Hall–Kier alpha value is -1.70. The Morgan fingerprint density at radius 3 is 2.25 bits per heavy atom. The zero-order valence-electron chi connectivity index (χ0n) is 16.4. The van der Waals surface area contributed by atoms with Crippen LogP contribution in [0.1, 0.15) is 57.0 Å². The van der Waals surface area contributed by atoms with Crippen LogP contribution in [-0.4, -0.2) is 33.7 Å². The van der Waals surface area contributed by atoms with Crippen LogP contribution in [0.5, 0.6) is 0 Å². The Morgan fingerprint density at radius 2 is 1.79 bits per heavy atom. The van der Waals surface area contributed by atoms with Crippen molar-refractivity contribution < 1.29 is 27.9 Å². The molecule has 8 heteroatoms. The molecular formula is C20H26F3NO3S. The molecule has 1 fully saturated rings. The van der Waals surface area contributed by atoms with E-state index in [0.717, 1.165) is 18.6 Å². The molecule has 0 aromatic heterocycles. The highest BCUT2D eigenvalue weighted by atomic mass is 32.2. The van der Waals surface area contributed by atoms with E-state index in [9.17, 15) is 27.9 Å². The van der Waals surface area contributed by atoms with E-state index in [1.165, 1.54) is 28.8 Å². The molecule has 0 spiro atoms. The van der Waals surface area contributed by atoms with Crippen LogP contribution < -0.4 is 0 Å². The summed E-state index contributed by atoms with van der Waals surface area (Å²) in [6.45, 7) is 8.18. The van der Waals surface area contributed by atoms with Gasteiger partial charge in [0.2, 0.25) is 5.91 Å². The summed E-state index contributed by atoms with van der Waals surface area (Å²) in [6.07, 6.45) is -3.43. The molecule has 1 aliphatic heterocycles. The maximum atomic E-state index is 12.9. The maximum absolute atomic E-state index is 12.9. The third-order valence-corrected chi connectivity index (χ3v) is 5.90. The van der Waals surface area contributed by atoms with Gasteiger partial charge >= 0.3 is 12.1 Å². The van der Waals surface area contributed by atoms with Gasteiger partial charge in [0.25, 0.3) is 0 Å². The first kappa shape index (κ1) is 22.6. The van der Waals surface area contributed by atoms with Gasteiger partial charge in [-0.15, -0.1) is 11.8 Å². The van der Waals surface area contributed by atoms with Crippen LogP contribution in [0, 0.1) is 11.3 Å². The molecule has 1 saturated heterocycles. The van der Waals surface area contributed by atoms with E-state index in [-0.39, 0.29) is 29.4 Å². The van der Waals surface area contributed by atoms with Crippen LogP contribution in [0.3, 0.4) is 0 Å². The smallest absolute Gasteiger partial charge is 0.416 e. The zero-order chi connectivity index (χ0) is 21.3. The van der Waals surface area contributed by atoms with Gasteiger partial charge in [-0.1, -0.05) is 39.8 Å². The number of carbonyl (C=O) groups is 2. The van der Waals surface area contributed by atoms with E-state index in [1.54, 1.807) is 0 Å². The van der Waals surface area contributed by atoms with Gasteiger partial charge in [0.05, 0.1) is 5.56 Å². The van der Waals surface area contributed by atoms with Crippen molar-refractivity contribution in [2.45, 2.75) is 58.1 Å². The normalized spacial score (nSPS) is 21.6. The molecule has 3 atom stereocenters. The van der Waals surface area contributed by atoms with Crippen molar-refractivity contribution in [3.05, 3.63) is 35.4 Å². The van der Waals surface area contributed by atoms with Crippen molar-refractivity contribution in [2.24, 2.45) is 11.3 Å². The van der Waals surface area contributed by atoms with Crippen LogP contribution in [-0.2, 0) is 15.8 Å². The molecule has 1 N–H and O–H groups in total. The second-order valence-electron chi connectivity index (χ2n) is 8.53. The van der Waals surface area contributed by atoms with Crippen molar-refractivity contribution in [3.63, 3.8) is 0 Å². The van der Waals surface area contributed by atoms with E-state index in [2.05, 4.69) is 20.8 Å². The summed E-state index contributed by atoms with van der Waals surface area (Å²) in [5, 5.41) is 8.91. The minimum atomic E-state index is -4.44. The molecule has 156 valence electrons. The quantitative estimate of drug-likeness (QED) is 0.716. The molecule has 1 aromatic rings. The Labute approximate surface area is 167 Å². The topological polar surface area (TPSA) is 57.6 Å². The van der Waals surface area contributed by atoms with Gasteiger partial charge in [-0.05, 0) is 35.4 Å². The van der Waals surface area contributed by atoms with Gasteiger partial charge in [-0.2, -0.15) is 13.2 Å². The first-order valence-electron chi connectivity index (χ1n) is 9.12. The summed E-state index contributed by atoms with van der Waals surface area (Å²) in [5.41, 5.74) is -0.234. The molecule has 0 aliphatic carbocycles. The number of hydrogen-bond donors (Lipinski definition) is 1. The van der Waals surface area contributed by atoms with Gasteiger partial charge in [0.1, 0.15) is 11.4 Å². The Morgan fingerprint density at radius 1 is 1.21 bits per heavy atom. The first-order valence-corrected chi connectivity index (χ1v) is 10.2. The number of alkyl halides is 3. The minimum Gasteiger partial charge on any atom is -0.480 e. The molecule has 2 rings (SSSR count). The Bertz CT molecular complexity index is 713. The van der Waals surface area contributed by atoms with E-state index in [0.29, 0.717) is 5.56 Å². The van der Waals surface area contributed by atoms with Crippen LogP contribution in [0.2, 0.25) is 0 Å². The van der Waals surface area contributed by atoms with Crippen molar-refractivity contribution in [1.82, 2.24) is 4.90 Å². The van der Waals surface area contributed by atoms with Crippen LogP contribution >= 0.6 is 11.8 Å². The largest absolute Gasteiger partial charge is 0.480 e. The lowest BCUT2D eigenvalue weighted by Crippen LogP contribution is -2.43. The molecule has 1 heterocycles. The highest BCUT2D eigenvalue weighted by Gasteiger charge is 2.42. The second kappa shape index (κ2) is 8.35. The summed E-state index contributed by atoms with van der Waals surface area (Å²) in [5.74, 6) is -1.10. The number of rotatable bonds is 5. The molecule has 0 saturated carbocycles. The fraction of sp³-hybridized carbons (Fsp3) is 0.600. The minimum absolute atomic E-state index is 0.0402. The average Bonchev–Trinajstić information content (AvgIpc) is 2.97. The number of nitrogens with zero attached hydrogens (tertiary/aromatic N) is 1. The molecule has 28 heavy (non-hydrogen) atoms. The molecule has 0 bridgehead atoms. The van der Waals surface area contributed by atoms with Crippen LogP contribution in [0.15, 0.2) is 24.3 Å². The molecule has 1 amide bonds. The maximum Gasteiger partial charge on any atom is 0.416 e. The lowest BCUT2D eigenvalue weighted by molar-refractivity contribution is -0.149. The predicted molar refractivity (Wildman–Crippen MR) is 103 cm³/mol. The highest BCUT2D eigenvalue weighted by molar-refractivity contribution is 7.99. The molecule has 4 nitrogen and oxygen atoms in total. The summed E-state index contributed by atoms with van der Waals surface area (Å²) in [7, 11) is 0. The fourth-order valence-corrected chi connectivity index (χ4v) is 5.06. The lowest BCUT2D eigenvalue weighted by Gasteiger charge is -2.30. The number of carbonyl (C=O) groups excluding carboxylic acids is 1. The summed E-state index contributed by atoms with van der Waals surface area (Å²) < 4.78 is 38.4. The third kappa shape index (κ3) is 5.65. The standard InChI is InChI=1S/C20H26F3NO3S/c1-12(10-19(2,3)4)9-16(25)24-15(18(26)27)11-28-17(24)13-5-7-14(8-6-13)20(21,22)23/h5-8,12,15,17H,9-11H2,1-4H3,(H,26,27). The lowest BCUT2D eigenvalue weighted by atomic mass is 9.84. The number of benzene rings is 1. The number of carboxylic acid groups (broad SMARTS) is 1. The van der Waals surface area contributed by atoms with E-state index in [4.69, 9.17) is 0 Å². The Balaban J connectivity index is 2.23. The van der Waals surface area contributed by atoms with Crippen LogP contribution in [0.25, 0.3) is 0 Å². The monoisotopic (exact) mass is 417 g/mol. The number of aliphatic carboxylic acids is 1. The summed E-state index contributed by atoms with van der Waals surface area (Å²) in [4.78, 5) is 25.9. The molecule has 3 unspecified atom stereocenters. The number of halogens is 3. The van der Waals surface area contributed by atoms with Crippen molar-refractivity contribution in [3.8, 4) is 0 Å². The zero-order valence-corrected chi connectivity index (χ0v) is 17.2. The van der Waals surface area contributed by atoms with E-state index < -0.39 is 29.1 Å². The molecule has 0 radical (unpaired) electrons. The SMILES string of the molecule is CC(CC(=O)N1C(C(=O)O)CSC1c1ccc(C(F)(F)F)cc1)CC(C)(C)C. The van der Waals surface area contributed by atoms with Crippen LogP contribution in [0.4, 0.5) is 13.2 Å². The predicted octanol–water partition coefficient (Wildman–Crippen LogP) is 5.20. The average molecular weight is 417 g/mol. The van der Waals surface area contributed by atoms with E-state index in [1.807, 2.05) is 6.92 Å². The Kier molecular flexibility index (Phi) is 6.74. The van der Waals surface area contributed by atoms with Crippen molar-refractivity contribution in [2.75, 3.05) is 5.75 Å². The molecular weight excluding hydrogens is 391 g/mol. The number of hydrogen-bond acceptors (Lipinski definition) is 3. The second-order valence-corrected chi connectivity index (χ2v) is 9.65. The number of thioether (sulfide) groups is 1. The van der Waals surface area contributed by atoms with Gasteiger partial charge in [0, 0.05) is 12.2 Å². The molecule has 1 aliphatic rings. The van der Waals surface area contributed by atoms with Gasteiger partial charge in [-0.3, -0.25) is 4.79 Å². The van der Waals surface area contributed by atoms with Crippen molar-refractivity contribution >= 4 is 23.6 Å². The number of carboxylic acids is 1. The van der Waals surface area contributed by atoms with Gasteiger partial charge in [0.15, 0.2) is 0 Å². The number of amides is 1. The van der Waals surface area contributed by atoms with Gasteiger partial charge in [-0.25, -0.2) is 4.79 Å². The first-order chi connectivity index (χ1) is 12.8. The fourth-order valence-electron chi connectivity index (χ4n) is 3.62.